The van der Waals surface area contributed by atoms with Gasteiger partial charge in [-0.1, -0.05) is 34.8 Å². The molecule has 2 aromatic rings. The van der Waals surface area contributed by atoms with Crippen LogP contribution < -0.4 is 11.1 Å². The van der Waals surface area contributed by atoms with Crippen molar-refractivity contribution in [3.05, 3.63) is 62.3 Å². The van der Waals surface area contributed by atoms with Gasteiger partial charge < -0.3 is 11.1 Å². The first-order valence-corrected chi connectivity index (χ1v) is 6.99. The molecule has 0 aliphatic carbocycles. The molecule has 0 bridgehead atoms. The summed E-state index contributed by atoms with van der Waals surface area (Å²) in [6, 6.07) is 7.19. The summed E-state index contributed by atoms with van der Waals surface area (Å²) in [5, 5.41) is 4.17. The van der Waals surface area contributed by atoms with Crippen molar-refractivity contribution in [1.29, 1.82) is 0 Å². The van der Waals surface area contributed by atoms with Gasteiger partial charge in [0.25, 0.3) is 5.91 Å². The zero-order valence-electron chi connectivity index (χ0n) is 10.6. The van der Waals surface area contributed by atoms with Crippen LogP contribution >= 0.6 is 34.8 Å². The number of nitrogens with two attached hydrogens (primary N) is 1. The predicted molar refractivity (Wildman–Crippen MR) is 83.7 cm³/mol. The minimum atomic E-state index is -0.838. The lowest BCUT2D eigenvalue weighted by molar-refractivity contribution is 0.0996. The van der Waals surface area contributed by atoms with Crippen LogP contribution in [0.1, 0.15) is 15.9 Å². The average Bonchev–Trinajstić information content (AvgIpc) is 2.44. The number of nitrogens with one attached hydrogen (secondary N) is 1. The molecule has 0 saturated carbocycles. The zero-order chi connectivity index (χ0) is 15.6. The summed E-state index contributed by atoms with van der Waals surface area (Å²) in [4.78, 5) is 11.1. The molecule has 0 aliphatic rings. The van der Waals surface area contributed by atoms with Gasteiger partial charge >= 0.3 is 0 Å². The molecular weight excluding hydrogens is 338 g/mol. The van der Waals surface area contributed by atoms with E-state index in [4.69, 9.17) is 40.5 Å². The minimum absolute atomic E-state index is 0.191. The van der Waals surface area contributed by atoms with Gasteiger partial charge in [-0.15, -0.1) is 0 Å². The molecule has 2 aromatic carbocycles. The van der Waals surface area contributed by atoms with Crippen LogP contribution in [-0.4, -0.2) is 5.91 Å². The van der Waals surface area contributed by atoms with E-state index in [1.54, 1.807) is 12.1 Å². The van der Waals surface area contributed by atoms with Gasteiger partial charge in [0.2, 0.25) is 0 Å². The van der Waals surface area contributed by atoms with Gasteiger partial charge in [-0.05, 0) is 30.3 Å². The molecule has 1 amide bonds. The number of carbonyl (C=O) groups is 1. The number of hydrogen-bond donors (Lipinski definition) is 2. The fraction of sp³-hybridized carbons (Fsp3) is 0.0714. The topological polar surface area (TPSA) is 55.1 Å². The minimum Gasteiger partial charge on any atom is -0.381 e. The summed E-state index contributed by atoms with van der Waals surface area (Å²) < 4.78 is 13.4. The standard InChI is InChI=1S/C14H10Cl3FN2O/c15-10-2-3-11(16)13(17)9(10)6-20-7-1-4-12(18)8(5-7)14(19)21/h1-5,20H,6H2,(H2,19,21). The Hall–Kier alpha value is -1.49. The highest BCUT2D eigenvalue weighted by molar-refractivity contribution is 6.44. The summed E-state index contributed by atoms with van der Waals surface area (Å²) >= 11 is 18.1. The molecule has 0 radical (unpaired) electrons. The lowest BCUT2D eigenvalue weighted by Gasteiger charge is -2.11. The summed E-state index contributed by atoms with van der Waals surface area (Å²) in [6.45, 7) is 0.266. The highest BCUT2D eigenvalue weighted by atomic mass is 35.5. The van der Waals surface area contributed by atoms with Crippen molar-refractivity contribution in [2.24, 2.45) is 5.73 Å². The van der Waals surface area contributed by atoms with Crippen molar-refractivity contribution in [1.82, 2.24) is 0 Å². The number of amides is 1. The predicted octanol–water partition coefficient (Wildman–Crippen LogP) is 4.50. The van der Waals surface area contributed by atoms with E-state index in [1.807, 2.05) is 0 Å². The Bertz CT molecular complexity index is 707. The van der Waals surface area contributed by atoms with Crippen LogP contribution in [0.2, 0.25) is 15.1 Å². The maximum atomic E-state index is 13.4. The molecule has 3 nitrogen and oxygen atoms in total. The van der Waals surface area contributed by atoms with E-state index in [1.165, 1.54) is 12.1 Å². The van der Waals surface area contributed by atoms with Gasteiger partial charge in [0.05, 0.1) is 15.6 Å². The van der Waals surface area contributed by atoms with E-state index in [0.717, 1.165) is 6.07 Å². The van der Waals surface area contributed by atoms with Crippen molar-refractivity contribution in [3.63, 3.8) is 0 Å². The fourth-order valence-corrected chi connectivity index (χ4v) is 2.43. The van der Waals surface area contributed by atoms with Crippen LogP contribution in [0.3, 0.4) is 0 Å². The highest BCUT2D eigenvalue weighted by Gasteiger charge is 2.11. The molecule has 0 heterocycles. The van der Waals surface area contributed by atoms with Gasteiger partial charge in [-0.2, -0.15) is 0 Å². The van der Waals surface area contributed by atoms with Crippen LogP contribution in [0.25, 0.3) is 0 Å². The van der Waals surface area contributed by atoms with Gasteiger partial charge in [-0.25, -0.2) is 4.39 Å². The van der Waals surface area contributed by atoms with Crippen LogP contribution in [0, 0.1) is 5.82 Å². The Balaban J connectivity index is 2.23. The van der Waals surface area contributed by atoms with E-state index in [-0.39, 0.29) is 12.1 Å². The molecule has 0 aliphatic heterocycles. The Morgan fingerprint density at radius 3 is 2.48 bits per heavy atom. The molecule has 0 aromatic heterocycles. The second kappa shape index (κ2) is 6.52. The van der Waals surface area contributed by atoms with E-state index in [2.05, 4.69) is 5.32 Å². The fourth-order valence-electron chi connectivity index (χ4n) is 1.75. The maximum Gasteiger partial charge on any atom is 0.251 e. The second-order valence-electron chi connectivity index (χ2n) is 4.23. The normalized spacial score (nSPS) is 10.5. The average molecular weight is 348 g/mol. The number of primary amides is 1. The van der Waals surface area contributed by atoms with Crippen LogP contribution in [0.5, 0.6) is 0 Å². The largest absolute Gasteiger partial charge is 0.381 e. The monoisotopic (exact) mass is 346 g/mol. The molecule has 110 valence electrons. The van der Waals surface area contributed by atoms with E-state index >= 15 is 0 Å². The third-order valence-electron chi connectivity index (χ3n) is 2.84. The Morgan fingerprint density at radius 2 is 1.81 bits per heavy atom. The first-order chi connectivity index (χ1) is 9.90. The first-order valence-electron chi connectivity index (χ1n) is 5.85. The van der Waals surface area contributed by atoms with Crippen LogP contribution in [0.4, 0.5) is 10.1 Å². The Kier molecular flexibility index (Phi) is 4.93. The maximum absolute atomic E-state index is 13.4. The Morgan fingerprint density at radius 1 is 1.14 bits per heavy atom. The zero-order valence-corrected chi connectivity index (χ0v) is 12.9. The third kappa shape index (κ3) is 3.59. The third-order valence-corrected chi connectivity index (χ3v) is 4.04. The summed E-state index contributed by atoms with van der Waals surface area (Å²) in [5.41, 5.74) is 6.02. The number of rotatable bonds is 4. The summed E-state index contributed by atoms with van der Waals surface area (Å²) in [6.07, 6.45) is 0. The van der Waals surface area contributed by atoms with Crippen molar-refractivity contribution in [3.8, 4) is 0 Å². The molecule has 3 N–H and O–H groups in total. The second-order valence-corrected chi connectivity index (χ2v) is 5.43. The first kappa shape index (κ1) is 15.9. The van der Waals surface area contributed by atoms with Gasteiger partial charge in [-0.3, -0.25) is 4.79 Å². The van der Waals surface area contributed by atoms with E-state index in [0.29, 0.717) is 26.3 Å². The van der Waals surface area contributed by atoms with E-state index in [9.17, 15) is 9.18 Å². The van der Waals surface area contributed by atoms with Crippen LogP contribution in [-0.2, 0) is 6.54 Å². The molecular formula is C14H10Cl3FN2O. The number of halogens is 4. The Labute approximate surface area is 135 Å². The molecule has 0 spiro atoms. The van der Waals surface area contributed by atoms with E-state index < -0.39 is 11.7 Å². The molecule has 21 heavy (non-hydrogen) atoms. The number of anilines is 1. The van der Waals surface area contributed by atoms with Crippen molar-refractivity contribution >= 4 is 46.4 Å². The summed E-state index contributed by atoms with van der Waals surface area (Å²) in [5.74, 6) is -1.51. The van der Waals surface area contributed by atoms with Crippen molar-refractivity contribution in [2.75, 3.05) is 5.32 Å². The highest BCUT2D eigenvalue weighted by Crippen LogP contribution is 2.32. The van der Waals surface area contributed by atoms with Gasteiger partial charge in [0.1, 0.15) is 5.82 Å². The quantitative estimate of drug-likeness (QED) is 0.800. The lowest BCUT2D eigenvalue weighted by Crippen LogP contribution is -2.13. The van der Waals surface area contributed by atoms with Gasteiger partial charge in [0, 0.05) is 22.8 Å². The smallest absolute Gasteiger partial charge is 0.251 e. The van der Waals surface area contributed by atoms with Crippen LogP contribution in [0.15, 0.2) is 30.3 Å². The number of carbonyl (C=O) groups excluding carboxylic acids is 1. The van der Waals surface area contributed by atoms with Crippen molar-refractivity contribution < 1.29 is 9.18 Å². The summed E-state index contributed by atoms with van der Waals surface area (Å²) in [7, 11) is 0. The molecule has 0 saturated heterocycles. The molecule has 7 heteroatoms. The molecule has 2 rings (SSSR count). The number of benzene rings is 2. The SMILES string of the molecule is NC(=O)c1cc(NCc2c(Cl)ccc(Cl)c2Cl)ccc1F. The lowest BCUT2D eigenvalue weighted by atomic mass is 10.1. The number of hydrogen-bond acceptors (Lipinski definition) is 2. The van der Waals surface area contributed by atoms with Gasteiger partial charge in [0.15, 0.2) is 0 Å². The molecule has 0 fully saturated rings. The molecule has 0 unspecified atom stereocenters. The molecule has 0 atom stereocenters. The van der Waals surface area contributed by atoms with Crippen molar-refractivity contribution in [2.45, 2.75) is 6.54 Å².